The van der Waals surface area contributed by atoms with Gasteiger partial charge in [0.05, 0.1) is 6.26 Å². The number of nitrogens with zero attached hydrogens (tertiary/aromatic N) is 4. The Morgan fingerprint density at radius 3 is 2.95 bits per heavy atom. The number of hydrogen-bond donors (Lipinski definition) is 1. The lowest BCUT2D eigenvalue weighted by Gasteiger charge is -2.08. The van der Waals surface area contributed by atoms with Crippen molar-refractivity contribution in [1.29, 1.82) is 0 Å². The normalized spacial score (nSPS) is 14.3. The molecule has 0 bridgehead atoms. The summed E-state index contributed by atoms with van der Waals surface area (Å²) in [5.41, 5.74) is 0. The van der Waals surface area contributed by atoms with E-state index >= 15 is 0 Å². The van der Waals surface area contributed by atoms with Crippen molar-refractivity contribution < 1.29 is 4.42 Å². The van der Waals surface area contributed by atoms with Crippen LogP contribution in [0.3, 0.4) is 0 Å². The quantitative estimate of drug-likeness (QED) is 0.778. The summed E-state index contributed by atoms with van der Waals surface area (Å²) < 4.78 is 7.12. The Balaban J connectivity index is 1.71. The third-order valence-corrected chi connectivity index (χ3v) is 3.46. The first kappa shape index (κ1) is 12.1. The van der Waals surface area contributed by atoms with Crippen LogP contribution in [0, 0.1) is 5.92 Å². The van der Waals surface area contributed by atoms with Gasteiger partial charge in [-0.25, -0.2) is 14.6 Å². The van der Waals surface area contributed by atoms with Gasteiger partial charge in [-0.3, -0.25) is 0 Å². The van der Waals surface area contributed by atoms with Crippen LogP contribution in [0.2, 0.25) is 0 Å². The van der Waals surface area contributed by atoms with E-state index in [2.05, 4.69) is 20.4 Å². The van der Waals surface area contributed by atoms with Crippen molar-refractivity contribution in [1.82, 2.24) is 19.7 Å². The highest BCUT2D eigenvalue weighted by Gasteiger charge is 2.21. The summed E-state index contributed by atoms with van der Waals surface area (Å²) in [6.45, 7) is 0.952. The fourth-order valence-electron chi connectivity index (χ4n) is 2.13. The lowest BCUT2D eigenvalue weighted by atomic mass is 10.4. The molecule has 3 heterocycles. The van der Waals surface area contributed by atoms with E-state index in [0.29, 0.717) is 11.6 Å². The van der Waals surface area contributed by atoms with Crippen molar-refractivity contribution in [3.63, 3.8) is 0 Å². The third-order valence-electron chi connectivity index (χ3n) is 3.46. The standard InChI is InChI=1S/C15H15N5O/c1-3-12(21-8-1)15-18-13(16-10-11-4-5-11)9-14(19-15)20-7-2-6-17-20/h1-3,6-9,11H,4-5,10H2,(H,16,18,19). The summed E-state index contributed by atoms with van der Waals surface area (Å²) in [5, 5.41) is 7.60. The molecule has 1 fully saturated rings. The largest absolute Gasteiger partial charge is 0.461 e. The number of rotatable bonds is 5. The van der Waals surface area contributed by atoms with Gasteiger partial charge in [0.1, 0.15) is 5.82 Å². The molecule has 1 aliphatic carbocycles. The van der Waals surface area contributed by atoms with E-state index in [0.717, 1.165) is 24.1 Å². The van der Waals surface area contributed by atoms with E-state index in [1.54, 1.807) is 17.1 Å². The average Bonchev–Trinajstić information content (AvgIpc) is 2.99. The van der Waals surface area contributed by atoms with Gasteiger partial charge in [-0.05, 0) is 37.0 Å². The van der Waals surface area contributed by atoms with Crippen LogP contribution in [0.4, 0.5) is 5.82 Å². The first-order valence-electron chi connectivity index (χ1n) is 7.05. The minimum Gasteiger partial charge on any atom is -0.461 e. The van der Waals surface area contributed by atoms with Gasteiger partial charge in [-0.1, -0.05) is 0 Å². The maximum Gasteiger partial charge on any atom is 0.199 e. The Bertz CT molecular complexity index is 664. The van der Waals surface area contributed by atoms with Crippen molar-refractivity contribution in [2.45, 2.75) is 12.8 Å². The van der Waals surface area contributed by atoms with Crippen molar-refractivity contribution in [2.24, 2.45) is 5.92 Å². The zero-order valence-electron chi connectivity index (χ0n) is 11.4. The van der Waals surface area contributed by atoms with E-state index in [4.69, 9.17) is 4.42 Å². The molecule has 1 N–H and O–H groups in total. The molecule has 6 heteroatoms. The van der Waals surface area contributed by atoms with Gasteiger partial charge in [-0.15, -0.1) is 0 Å². The van der Waals surface area contributed by atoms with Crippen LogP contribution in [0.5, 0.6) is 0 Å². The number of aromatic nitrogens is 4. The Kier molecular flexibility index (Phi) is 2.92. The molecule has 21 heavy (non-hydrogen) atoms. The van der Waals surface area contributed by atoms with Gasteiger partial charge >= 0.3 is 0 Å². The molecule has 106 valence electrons. The van der Waals surface area contributed by atoms with Gasteiger partial charge in [0.15, 0.2) is 17.4 Å². The van der Waals surface area contributed by atoms with Crippen molar-refractivity contribution in [3.05, 3.63) is 42.9 Å². The Morgan fingerprint density at radius 1 is 1.29 bits per heavy atom. The monoisotopic (exact) mass is 281 g/mol. The second kappa shape index (κ2) is 5.05. The molecule has 4 rings (SSSR count). The zero-order valence-corrected chi connectivity index (χ0v) is 11.4. The smallest absolute Gasteiger partial charge is 0.199 e. The number of hydrogen-bond acceptors (Lipinski definition) is 5. The summed E-state index contributed by atoms with van der Waals surface area (Å²) >= 11 is 0. The summed E-state index contributed by atoms with van der Waals surface area (Å²) in [4.78, 5) is 9.05. The molecule has 0 spiro atoms. The molecule has 6 nitrogen and oxygen atoms in total. The highest BCUT2D eigenvalue weighted by Crippen LogP contribution is 2.29. The average molecular weight is 281 g/mol. The van der Waals surface area contributed by atoms with E-state index in [1.165, 1.54) is 12.8 Å². The number of anilines is 1. The van der Waals surface area contributed by atoms with Crippen LogP contribution in [-0.4, -0.2) is 26.3 Å². The first-order valence-corrected chi connectivity index (χ1v) is 7.05. The molecule has 0 amide bonds. The Hall–Kier alpha value is -2.63. The van der Waals surface area contributed by atoms with Crippen molar-refractivity contribution >= 4 is 5.82 Å². The first-order chi connectivity index (χ1) is 10.4. The summed E-state index contributed by atoms with van der Waals surface area (Å²) in [5.74, 6) is 3.51. The number of nitrogens with one attached hydrogen (secondary N) is 1. The fourth-order valence-corrected chi connectivity index (χ4v) is 2.13. The minimum atomic E-state index is 0.561. The van der Waals surface area contributed by atoms with Crippen molar-refractivity contribution in [3.8, 4) is 17.4 Å². The van der Waals surface area contributed by atoms with Gasteiger partial charge in [0.25, 0.3) is 0 Å². The highest BCUT2D eigenvalue weighted by molar-refractivity contribution is 5.53. The SMILES string of the molecule is c1coc(-c2nc(NCC3CC3)cc(-n3cccn3)n2)c1. The van der Waals surface area contributed by atoms with E-state index in [9.17, 15) is 0 Å². The highest BCUT2D eigenvalue weighted by atomic mass is 16.3. The Labute approximate surface area is 121 Å². The summed E-state index contributed by atoms with van der Waals surface area (Å²) in [6, 6.07) is 7.46. The van der Waals surface area contributed by atoms with Crippen molar-refractivity contribution in [2.75, 3.05) is 11.9 Å². The summed E-state index contributed by atoms with van der Waals surface area (Å²) in [7, 11) is 0. The van der Waals surface area contributed by atoms with Crippen LogP contribution in [0.25, 0.3) is 17.4 Å². The lowest BCUT2D eigenvalue weighted by Crippen LogP contribution is -2.08. The Morgan fingerprint density at radius 2 is 2.24 bits per heavy atom. The summed E-state index contributed by atoms with van der Waals surface area (Å²) in [6.07, 6.45) is 7.81. The second-order valence-electron chi connectivity index (χ2n) is 5.19. The van der Waals surface area contributed by atoms with Crippen LogP contribution in [0.15, 0.2) is 47.3 Å². The molecule has 1 saturated carbocycles. The van der Waals surface area contributed by atoms with Crippen LogP contribution >= 0.6 is 0 Å². The molecule has 0 unspecified atom stereocenters. The predicted molar refractivity (Wildman–Crippen MR) is 78.1 cm³/mol. The predicted octanol–water partition coefficient (Wildman–Crippen LogP) is 2.74. The van der Waals surface area contributed by atoms with Gasteiger partial charge < -0.3 is 9.73 Å². The molecule has 3 aromatic heterocycles. The fraction of sp³-hybridized carbons (Fsp3) is 0.267. The van der Waals surface area contributed by atoms with Gasteiger partial charge in [-0.2, -0.15) is 5.10 Å². The van der Waals surface area contributed by atoms with Gasteiger partial charge in [0.2, 0.25) is 0 Å². The van der Waals surface area contributed by atoms with E-state index in [-0.39, 0.29) is 0 Å². The zero-order chi connectivity index (χ0) is 14.1. The van der Waals surface area contributed by atoms with Gasteiger partial charge in [0, 0.05) is 25.0 Å². The maximum atomic E-state index is 5.40. The van der Waals surface area contributed by atoms with Crippen LogP contribution in [0.1, 0.15) is 12.8 Å². The molecular formula is C15H15N5O. The van der Waals surface area contributed by atoms with Crippen LogP contribution < -0.4 is 5.32 Å². The number of furan rings is 1. The molecule has 0 atom stereocenters. The molecule has 0 radical (unpaired) electrons. The lowest BCUT2D eigenvalue weighted by molar-refractivity contribution is 0.577. The maximum absolute atomic E-state index is 5.40. The van der Waals surface area contributed by atoms with E-state index in [1.807, 2.05) is 30.5 Å². The van der Waals surface area contributed by atoms with E-state index < -0.39 is 0 Å². The second-order valence-corrected chi connectivity index (χ2v) is 5.19. The topological polar surface area (TPSA) is 68.8 Å². The molecule has 0 saturated heterocycles. The molecule has 1 aliphatic rings. The molecular weight excluding hydrogens is 266 g/mol. The molecule has 3 aromatic rings. The molecule has 0 aromatic carbocycles. The third kappa shape index (κ3) is 2.65. The van der Waals surface area contributed by atoms with Crippen LogP contribution in [-0.2, 0) is 0 Å². The minimum absolute atomic E-state index is 0.561. The molecule has 0 aliphatic heterocycles.